The number of aryl methyl sites for hydroxylation is 1. The molecule has 0 radical (unpaired) electrons. The second-order valence-electron chi connectivity index (χ2n) is 6.23. The lowest BCUT2D eigenvalue weighted by atomic mass is 10.1. The molecule has 4 rings (SSSR count). The summed E-state index contributed by atoms with van der Waals surface area (Å²) in [5.41, 5.74) is 1.97. The van der Waals surface area contributed by atoms with Crippen molar-refractivity contribution in [2.24, 2.45) is 10.3 Å². The zero-order chi connectivity index (χ0) is 18.4. The molecule has 0 saturated carbocycles. The van der Waals surface area contributed by atoms with Crippen molar-refractivity contribution in [1.29, 1.82) is 0 Å². The van der Waals surface area contributed by atoms with Crippen LogP contribution in [0, 0.1) is 18.6 Å². The van der Waals surface area contributed by atoms with Gasteiger partial charge in [0.1, 0.15) is 0 Å². The van der Waals surface area contributed by atoms with Crippen molar-refractivity contribution < 1.29 is 18.4 Å². The molecule has 132 valence electrons. The summed E-state index contributed by atoms with van der Waals surface area (Å²) in [4.78, 5) is 26.2. The second kappa shape index (κ2) is 5.98. The van der Waals surface area contributed by atoms with Crippen molar-refractivity contribution in [1.82, 2.24) is 5.01 Å². The van der Waals surface area contributed by atoms with E-state index in [-0.39, 0.29) is 5.69 Å². The van der Waals surface area contributed by atoms with Crippen molar-refractivity contribution in [3.05, 3.63) is 65.2 Å². The standard InChI is InChI=1S/C18H14F2N4O2/c1-10-4-2-3-5-11(10)9-23-16-15(21-22-23)17(25)24(18(16)26)12-6-7-13(19)14(20)8-12/h2-8,15-16H,9H2,1H3/t15-,16-/m1/s1. The topological polar surface area (TPSA) is 65.3 Å². The Bertz CT molecular complexity index is 947. The van der Waals surface area contributed by atoms with E-state index in [0.29, 0.717) is 6.54 Å². The molecule has 2 aromatic carbocycles. The lowest BCUT2D eigenvalue weighted by Crippen LogP contribution is -2.39. The summed E-state index contributed by atoms with van der Waals surface area (Å²) in [6, 6.07) is 8.68. The first-order chi connectivity index (χ1) is 12.5. The fourth-order valence-electron chi connectivity index (χ4n) is 3.19. The van der Waals surface area contributed by atoms with Gasteiger partial charge in [-0.25, -0.2) is 13.7 Å². The molecule has 6 nitrogen and oxygen atoms in total. The van der Waals surface area contributed by atoms with Crippen LogP contribution in [0.15, 0.2) is 52.8 Å². The number of carbonyl (C=O) groups is 2. The largest absolute Gasteiger partial charge is 0.271 e. The molecule has 2 aliphatic rings. The number of carbonyl (C=O) groups excluding carboxylic acids is 2. The average Bonchev–Trinajstić information content (AvgIpc) is 3.13. The Kier molecular flexibility index (Phi) is 3.75. The molecule has 8 heteroatoms. The third-order valence-corrected chi connectivity index (χ3v) is 4.61. The van der Waals surface area contributed by atoms with E-state index in [1.54, 1.807) is 0 Å². The Hall–Kier alpha value is -3.16. The minimum absolute atomic E-state index is 0.0145. The van der Waals surface area contributed by atoms with Crippen molar-refractivity contribution in [2.45, 2.75) is 25.6 Å². The highest BCUT2D eigenvalue weighted by atomic mass is 19.2. The monoisotopic (exact) mass is 356 g/mol. The average molecular weight is 356 g/mol. The predicted molar refractivity (Wildman–Crippen MR) is 88.0 cm³/mol. The lowest BCUT2D eigenvalue weighted by molar-refractivity contribution is -0.123. The minimum atomic E-state index is -1.13. The Labute approximate surface area is 147 Å². The predicted octanol–water partition coefficient (Wildman–Crippen LogP) is 2.77. The van der Waals surface area contributed by atoms with Gasteiger partial charge in [-0.05, 0) is 30.2 Å². The minimum Gasteiger partial charge on any atom is -0.271 e. The summed E-state index contributed by atoms with van der Waals surface area (Å²) in [7, 11) is 0. The summed E-state index contributed by atoms with van der Waals surface area (Å²) in [6.07, 6.45) is 0. The van der Waals surface area contributed by atoms with Crippen LogP contribution in [-0.2, 0) is 16.1 Å². The Morgan fingerprint density at radius 2 is 1.81 bits per heavy atom. The molecule has 0 aliphatic carbocycles. The molecule has 0 N–H and O–H groups in total. The van der Waals surface area contributed by atoms with Gasteiger partial charge in [-0.1, -0.05) is 29.5 Å². The fourth-order valence-corrected chi connectivity index (χ4v) is 3.19. The molecule has 1 saturated heterocycles. The molecule has 2 amide bonds. The van der Waals surface area contributed by atoms with Gasteiger partial charge in [-0.3, -0.25) is 14.6 Å². The number of rotatable bonds is 3. The highest BCUT2D eigenvalue weighted by molar-refractivity contribution is 6.25. The molecule has 2 heterocycles. The summed E-state index contributed by atoms with van der Waals surface area (Å²) in [6.45, 7) is 2.26. The van der Waals surface area contributed by atoms with E-state index in [9.17, 15) is 18.4 Å². The molecule has 0 aromatic heterocycles. The number of imide groups is 1. The first-order valence-corrected chi connectivity index (χ1v) is 8.02. The SMILES string of the molecule is Cc1ccccc1CN1N=N[C@H]2C(=O)N(c3ccc(F)c(F)c3)C(=O)[C@@H]21. The van der Waals surface area contributed by atoms with E-state index in [0.717, 1.165) is 28.2 Å². The number of benzene rings is 2. The second-order valence-corrected chi connectivity index (χ2v) is 6.23. The number of hydrogen-bond donors (Lipinski definition) is 0. The Balaban J connectivity index is 1.63. The maximum atomic E-state index is 13.5. The number of nitrogens with zero attached hydrogens (tertiary/aromatic N) is 4. The van der Waals surface area contributed by atoms with Crippen molar-refractivity contribution in [3.63, 3.8) is 0 Å². The van der Waals surface area contributed by atoms with Crippen LogP contribution in [0.2, 0.25) is 0 Å². The van der Waals surface area contributed by atoms with E-state index < -0.39 is 35.5 Å². The van der Waals surface area contributed by atoms with Gasteiger partial charge in [0.25, 0.3) is 11.8 Å². The highest BCUT2D eigenvalue weighted by Gasteiger charge is 2.54. The molecule has 2 aromatic rings. The summed E-state index contributed by atoms with van der Waals surface area (Å²) >= 11 is 0. The third kappa shape index (κ3) is 2.45. The molecule has 1 fully saturated rings. The normalized spacial score (nSPS) is 21.7. The van der Waals surface area contributed by atoms with Gasteiger partial charge in [0.2, 0.25) is 0 Å². The third-order valence-electron chi connectivity index (χ3n) is 4.61. The van der Waals surface area contributed by atoms with Gasteiger partial charge in [0.05, 0.1) is 12.2 Å². The van der Waals surface area contributed by atoms with Gasteiger partial charge >= 0.3 is 0 Å². The maximum Gasteiger partial charge on any atom is 0.263 e. The van der Waals surface area contributed by atoms with Crippen molar-refractivity contribution in [3.8, 4) is 0 Å². The fraction of sp³-hybridized carbons (Fsp3) is 0.222. The van der Waals surface area contributed by atoms with Gasteiger partial charge in [0.15, 0.2) is 23.7 Å². The number of fused-ring (bicyclic) bond motifs is 1. The molecule has 2 atom stereocenters. The molecule has 0 bridgehead atoms. The maximum absolute atomic E-state index is 13.5. The summed E-state index contributed by atoms with van der Waals surface area (Å²) < 4.78 is 26.7. The number of hydrogen-bond acceptors (Lipinski definition) is 5. The van der Waals surface area contributed by atoms with Crippen LogP contribution >= 0.6 is 0 Å². The van der Waals surface area contributed by atoms with Crippen LogP contribution in [0.25, 0.3) is 0 Å². The van der Waals surface area contributed by atoms with Crippen LogP contribution in [0.4, 0.5) is 14.5 Å². The van der Waals surface area contributed by atoms with Crippen LogP contribution < -0.4 is 4.90 Å². The van der Waals surface area contributed by atoms with Crippen LogP contribution in [0.3, 0.4) is 0 Å². The van der Waals surface area contributed by atoms with E-state index in [1.807, 2.05) is 31.2 Å². The van der Waals surface area contributed by atoms with Crippen LogP contribution in [0.5, 0.6) is 0 Å². The van der Waals surface area contributed by atoms with Gasteiger partial charge in [0, 0.05) is 6.07 Å². The van der Waals surface area contributed by atoms with E-state index in [1.165, 1.54) is 11.1 Å². The first-order valence-electron chi connectivity index (χ1n) is 8.02. The van der Waals surface area contributed by atoms with Gasteiger partial charge in [-0.2, -0.15) is 5.11 Å². The van der Waals surface area contributed by atoms with E-state index in [4.69, 9.17) is 0 Å². The number of anilines is 1. The van der Waals surface area contributed by atoms with E-state index >= 15 is 0 Å². The van der Waals surface area contributed by atoms with Crippen LogP contribution in [-0.4, -0.2) is 28.9 Å². The summed E-state index contributed by atoms with van der Waals surface area (Å²) in [5, 5.41) is 9.36. The number of halogens is 2. The highest BCUT2D eigenvalue weighted by Crippen LogP contribution is 2.33. The zero-order valence-electron chi connectivity index (χ0n) is 13.8. The van der Waals surface area contributed by atoms with Gasteiger partial charge < -0.3 is 0 Å². The van der Waals surface area contributed by atoms with Crippen molar-refractivity contribution in [2.75, 3.05) is 4.90 Å². The van der Waals surface area contributed by atoms with E-state index in [2.05, 4.69) is 10.3 Å². The molecular weight excluding hydrogens is 342 g/mol. The zero-order valence-corrected chi connectivity index (χ0v) is 13.8. The Morgan fingerprint density at radius 1 is 1.04 bits per heavy atom. The molecule has 2 aliphatic heterocycles. The quantitative estimate of drug-likeness (QED) is 0.795. The molecular formula is C18H14F2N4O2. The van der Waals surface area contributed by atoms with Crippen molar-refractivity contribution >= 4 is 17.5 Å². The smallest absolute Gasteiger partial charge is 0.263 e. The molecule has 0 spiro atoms. The lowest BCUT2D eigenvalue weighted by Gasteiger charge is -2.21. The molecule has 26 heavy (non-hydrogen) atoms. The first kappa shape index (κ1) is 16.3. The summed E-state index contributed by atoms with van der Waals surface area (Å²) in [5.74, 6) is -3.32. The molecule has 0 unspecified atom stereocenters. The van der Waals surface area contributed by atoms with Crippen LogP contribution in [0.1, 0.15) is 11.1 Å². The Morgan fingerprint density at radius 3 is 2.54 bits per heavy atom. The number of amides is 2. The van der Waals surface area contributed by atoms with Gasteiger partial charge in [-0.15, -0.1) is 0 Å².